The van der Waals surface area contributed by atoms with E-state index in [4.69, 9.17) is 4.99 Å². The van der Waals surface area contributed by atoms with Crippen molar-refractivity contribution in [1.82, 2.24) is 10.6 Å². The number of aliphatic imine (C=N–C) groups is 1. The van der Waals surface area contributed by atoms with Crippen LogP contribution in [-0.2, 0) is 0 Å². The maximum atomic E-state index is 4.81. The van der Waals surface area contributed by atoms with E-state index in [0.29, 0.717) is 12.0 Å². The molecule has 1 fully saturated rings. The number of benzene rings is 1. The van der Waals surface area contributed by atoms with Crippen LogP contribution in [0.4, 0.5) is 5.69 Å². The first kappa shape index (κ1) is 17.8. The maximum absolute atomic E-state index is 4.81. The zero-order valence-corrected chi connectivity index (χ0v) is 15.9. The van der Waals surface area contributed by atoms with E-state index in [1.165, 1.54) is 10.6 Å². The molecule has 3 rings (SSSR count). The SMILES string of the molecule is CCNC(=NCC(C)c1cccs1)NC1CCN(c2ccccc2)C1. The monoisotopic (exact) mass is 356 g/mol. The second kappa shape index (κ2) is 8.90. The molecule has 1 aromatic carbocycles. The van der Waals surface area contributed by atoms with Crippen LogP contribution in [-0.4, -0.2) is 38.2 Å². The predicted octanol–water partition coefficient (Wildman–Crippen LogP) is 3.69. The van der Waals surface area contributed by atoms with Gasteiger partial charge in [0.2, 0.25) is 0 Å². The molecule has 1 aliphatic rings. The summed E-state index contributed by atoms with van der Waals surface area (Å²) < 4.78 is 0. The summed E-state index contributed by atoms with van der Waals surface area (Å²) in [4.78, 5) is 8.65. The number of anilines is 1. The Morgan fingerprint density at radius 3 is 2.84 bits per heavy atom. The number of nitrogens with zero attached hydrogens (tertiary/aromatic N) is 2. The average molecular weight is 357 g/mol. The highest BCUT2D eigenvalue weighted by Crippen LogP contribution is 2.21. The largest absolute Gasteiger partial charge is 0.369 e. The van der Waals surface area contributed by atoms with Gasteiger partial charge in [-0.3, -0.25) is 4.99 Å². The number of hydrogen-bond donors (Lipinski definition) is 2. The van der Waals surface area contributed by atoms with E-state index in [0.717, 1.165) is 38.6 Å². The van der Waals surface area contributed by atoms with Gasteiger partial charge in [0.05, 0.1) is 6.54 Å². The molecule has 0 aliphatic carbocycles. The molecule has 0 spiro atoms. The minimum Gasteiger partial charge on any atom is -0.369 e. The Hall–Kier alpha value is -2.01. The molecular formula is C20H28N4S. The van der Waals surface area contributed by atoms with Crippen LogP contribution in [0.3, 0.4) is 0 Å². The van der Waals surface area contributed by atoms with Gasteiger partial charge in [-0.2, -0.15) is 0 Å². The minimum absolute atomic E-state index is 0.440. The molecule has 2 atom stereocenters. The van der Waals surface area contributed by atoms with Gasteiger partial charge in [-0.15, -0.1) is 11.3 Å². The number of guanidine groups is 1. The Balaban J connectivity index is 1.56. The molecule has 5 heteroatoms. The van der Waals surface area contributed by atoms with Crippen molar-refractivity contribution in [2.45, 2.75) is 32.2 Å². The summed E-state index contributed by atoms with van der Waals surface area (Å²) >= 11 is 1.81. The van der Waals surface area contributed by atoms with E-state index < -0.39 is 0 Å². The molecule has 2 unspecified atom stereocenters. The quantitative estimate of drug-likeness (QED) is 0.613. The lowest BCUT2D eigenvalue weighted by Gasteiger charge is -2.20. The summed E-state index contributed by atoms with van der Waals surface area (Å²) in [6.45, 7) is 8.16. The normalized spacial score (nSPS) is 19.0. The van der Waals surface area contributed by atoms with Gasteiger partial charge in [0.1, 0.15) is 0 Å². The second-order valence-electron chi connectivity index (χ2n) is 6.55. The number of thiophene rings is 1. The van der Waals surface area contributed by atoms with Gasteiger partial charge in [-0.25, -0.2) is 0 Å². The van der Waals surface area contributed by atoms with Crippen LogP contribution in [0.5, 0.6) is 0 Å². The molecule has 2 aromatic rings. The molecule has 1 saturated heterocycles. The average Bonchev–Trinajstić information content (AvgIpc) is 3.32. The van der Waals surface area contributed by atoms with Crippen molar-refractivity contribution in [2.24, 2.45) is 4.99 Å². The zero-order chi connectivity index (χ0) is 17.5. The topological polar surface area (TPSA) is 39.7 Å². The number of hydrogen-bond acceptors (Lipinski definition) is 3. The van der Waals surface area contributed by atoms with Crippen molar-refractivity contribution < 1.29 is 0 Å². The highest BCUT2D eigenvalue weighted by Gasteiger charge is 2.23. The van der Waals surface area contributed by atoms with Crippen LogP contribution in [0.15, 0.2) is 52.8 Å². The first-order chi connectivity index (χ1) is 12.3. The third-order valence-corrected chi connectivity index (χ3v) is 5.65. The minimum atomic E-state index is 0.440. The number of para-hydroxylation sites is 1. The molecule has 2 N–H and O–H groups in total. The second-order valence-corrected chi connectivity index (χ2v) is 7.53. The van der Waals surface area contributed by atoms with Crippen molar-refractivity contribution in [1.29, 1.82) is 0 Å². The maximum Gasteiger partial charge on any atom is 0.191 e. The summed E-state index contributed by atoms with van der Waals surface area (Å²) in [7, 11) is 0. The van der Waals surface area contributed by atoms with E-state index >= 15 is 0 Å². The fraction of sp³-hybridized carbons (Fsp3) is 0.450. The molecule has 4 nitrogen and oxygen atoms in total. The molecule has 25 heavy (non-hydrogen) atoms. The third-order valence-electron chi connectivity index (χ3n) is 4.55. The van der Waals surface area contributed by atoms with Gasteiger partial charge in [0.15, 0.2) is 5.96 Å². The summed E-state index contributed by atoms with van der Waals surface area (Å²) in [5.41, 5.74) is 1.31. The van der Waals surface area contributed by atoms with Gasteiger partial charge in [0.25, 0.3) is 0 Å². The summed E-state index contributed by atoms with van der Waals surface area (Å²) in [6, 6.07) is 15.4. The third kappa shape index (κ3) is 4.98. The van der Waals surface area contributed by atoms with Crippen LogP contribution in [0.2, 0.25) is 0 Å². The molecule has 0 amide bonds. The van der Waals surface area contributed by atoms with Gasteiger partial charge < -0.3 is 15.5 Å². The van der Waals surface area contributed by atoms with Crippen LogP contribution in [0.25, 0.3) is 0 Å². The van der Waals surface area contributed by atoms with Gasteiger partial charge in [-0.1, -0.05) is 31.2 Å². The fourth-order valence-electron chi connectivity index (χ4n) is 3.15. The van der Waals surface area contributed by atoms with Crippen molar-refractivity contribution in [3.8, 4) is 0 Å². The van der Waals surface area contributed by atoms with E-state index in [-0.39, 0.29) is 0 Å². The molecule has 1 aliphatic heterocycles. The summed E-state index contributed by atoms with van der Waals surface area (Å²) in [5.74, 6) is 1.39. The Bertz CT molecular complexity index is 654. The van der Waals surface area contributed by atoms with Crippen molar-refractivity contribution in [3.63, 3.8) is 0 Å². The molecule has 0 bridgehead atoms. The van der Waals surface area contributed by atoms with Gasteiger partial charge in [0, 0.05) is 42.2 Å². The molecule has 0 saturated carbocycles. The smallest absolute Gasteiger partial charge is 0.191 e. The van der Waals surface area contributed by atoms with Crippen LogP contribution < -0.4 is 15.5 Å². The Morgan fingerprint density at radius 1 is 1.28 bits per heavy atom. The molecule has 1 aromatic heterocycles. The Morgan fingerprint density at radius 2 is 2.12 bits per heavy atom. The molecular weight excluding hydrogens is 328 g/mol. The summed E-state index contributed by atoms with van der Waals surface area (Å²) in [6.07, 6.45) is 1.14. The highest BCUT2D eigenvalue weighted by atomic mass is 32.1. The van der Waals surface area contributed by atoms with Gasteiger partial charge in [-0.05, 0) is 36.9 Å². The first-order valence-corrected chi connectivity index (χ1v) is 10.0. The van der Waals surface area contributed by atoms with E-state index in [2.05, 4.69) is 77.2 Å². The zero-order valence-electron chi connectivity index (χ0n) is 15.1. The predicted molar refractivity (Wildman–Crippen MR) is 109 cm³/mol. The first-order valence-electron chi connectivity index (χ1n) is 9.14. The van der Waals surface area contributed by atoms with Crippen molar-refractivity contribution in [2.75, 3.05) is 31.1 Å². The Kier molecular flexibility index (Phi) is 6.34. The van der Waals surface area contributed by atoms with E-state index in [1.54, 1.807) is 0 Å². The van der Waals surface area contributed by atoms with Crippen molar-refractivity contribution in [3.05, 3.63) is 52.7 Å². The lowest BCUT2D eigenvalue weighted by molar-refractivity contribution is 0.645. The fourth-order valence-corrected chi connectivity index (χ4v) is 3.93. The van der Waals surface area contributed by atoms with Crippen LogP contribution >= 0.6 is 11.3 Å². The van der Waals surface area contributed by atoms with E-state index in [1.807, 2.05) is 11.3 Å². The number of nitrogens with one attached hydrogen (secondary N) is 2. The van der Waals surface area contributed by atoms with E-state index in [9.17, 15) is 0 Å². The summed E-state index contributed by atoms with van der Waals surface area (Å²) in [5, 5.41) is 9.14. The Labute approximate surface area is 155 Å². The standard InChI is InChI=1S/C20H28N4S/c1-3-21-20(22-14-16(2)19-10-7-13-25-19)23-17-11-12-24(15-17)18-8-5-4-6-9-18/h4-10,13,16-17H,3,11-12,14-15H2,1-2H3,(H2,21,22,23). The number of rotatable bonds is 6. The molecule has 0 radical (unpaired) electrons. The highest BCUT2D eigenvalue weighted by molar-refractivity contribution is 7.10. The van der Waals surface area contributed by atoms with Crippen LogP contribution in [0, 0.1) is 0 Å². The van der Waals surface area contributed by atoms with Crippen molar-refractivity contribution >= 4 is 23.0 Å². The molecule has 2 heterocycles. The van der Waals surface area contributed by atoms with Crippen LogP contribution in [0.1, 0.15) is 31.1 Å². The van der Waals surface area contributed by atoms with Gasteiger partial charge >= 0.3 is 0 Å². The lowest BCUT2D eigenvalue weighted by Crippen LogP contribution is -2.44. The molecule has 134 valence electrons. The lowest BCUT2D eigenvalue weighted by atomic mass is 10.1.